The van der Waals surface area contributed by atoms with E-state index in [1.807, 2.05) is 44.2 Å². The third kappa shape index (κ3) is 4.33. The van der Waals surface area contributed by atoms with Crippen molar-refractivity contribution in [3.05, 3.63) is 65.0 Å². The van der Waals surface area contributed by atoms with Crippen molar-refractivity contribution in [3.63, 3.8) is 0 Å². The predicted octanol–water partition coefficient (Wildman–Crippen LogP) is 5.02. The number of allylic oxidation sites excluding steroid dienone is 1. The van der Waals surface area contributed by atoms with Gasteiger partial charge in [0.1, 0.15) is 5.82 Å². The first-order valence-electron chi connectivity index (χ1n) is 9.86. The van der Waals surface area contributed by atoms with Crippen LogP contribution in [0.15, 0.2) is 53.5 Å². The van der Waals surface area contributed by atoms with Gasteiger partial charge in [-0.25, -0.2) is 9.97 Å². The minimum atomic E-state index is -0.146. The minimum Gasteiger partial charge on any atom is -0.350 e. The van der Waals surface area contributed by atoms with Crippen LogP contribution >= 0.6 is 11.6 Å². The number of nitrogens with zero attached hydrogens (tertiary/aromatic N) is 3. The van der Waals surface area contributed by atoms with E-state index in [9.17, 15) is 4.79 Å². The second kappa shape index (κ2) is 8.63. The number of fused-ring (bicyclic) bond motifs is 1. The first-order chi connectivity index (χ1) is 14.5. The van der Waals surface area contributed by atoms with E-state index in [0.717, 1.165) is 29.4 Å². The summed E-state index contributed by atoms with van der Waals surface area (Å²) in [5.74, 6) is 1.02. The summed E-state index contributed by atoms with van der Waals surface area (Å²) >= 11 is 6.24. The number of halogens is 1. The molecule has 1 aromatic heterocycles. The molecule has 0 radical (unpaired) electrons. The molecule has 0 spiro atoms. The van der Waals surface area contributed by atoms with E-state index in [0.29, 0.717) is 27.9 Å². The first kappa shape index (κ1) is 20.0. The predicted molar refractivity (Wildman–Crippen MR) is 123 cm³/mol. The van der Waals surface area contributed by atoms with Gasteiger partial charge in [0.15, 0.2) is 5.82 Å². The molecule has 3 aromatic rings. The zero-order valence-corrected chi connectivity index (χ0v) is 17.6. The number of carbonyl (C=O) groups is 1. The van der Waals surface area contributed by atoms with Crippen molar-refractivity contribution < 1.29 is 4.79 Å². The van der Waals surface area contributed by atoms with Crippen molar-refractivity contribution in [3.8, 4) is 0 Å². The molecule has 152 valence electrons. The number of amides is 1. The number of aliphatic imine (C=N–C) groups is 1. The van der Waals surface area contributed by atoms with Gasteiger partial charge in [-0.3, -0.25) is 9.79 Å². The Bertz CT molecular complexity index is 1170. The van der Waals surface area contributed by atoms with Crippen LogP contribution < -0.4 is 10.6 Å². The van der Waals surface area contributed by atoms with Crippen LogP contribution in [0.1, 0.15) is 36.5 Å². The van der Waals surface area contributed by atoms with Gasteiger partial charge in [0.25, 0.3) is 5.91 Å². The van der Waals surface area contributed by atoms with Crippen molar-refractivity contribution >= 4 is 51.7 Å². The van der Waals surface area contributed by atoms with Crippen LogP contribution in [0.5, 0.6) is 0 Å². The molecule has 7 heteroatoms. The van der Waals surface area contributed by atoms with E-state index in [1.54, 1.807) is 18.3 Å². The standard InChI is InChI=1S/C23H22ClN5O/c1-14(2)26-23(30)17-7-3-4-8-19(17)28-22-18-12-16(24)9-10-20(18)27-21(29-22)15-6-5-11-25-13-15/h3-4,6-10,12-14H,5,11H2,1-2H3,(H,26,30)(H,27,28,29). The second-order valence-corrected chi connectivity index (χ2v) is 7.78. The minimum absolute atomic E-state index is 0.0355. The Kier molecular flexibility index (Phi) is 5.77. The van der Waals surface area contributed by atoms with Crippen molar-refractivity contribution in [1.82, 2.24) is 15.3 Å². The van der Waals surface area contributed by atoms with E-state index in [2.05, 4.69) is 21.7 Å². The molecule has 0 unspecified atom stereocenters. The van der Waals surface area contributed by atoms with Crippen molar-refractivity contribution in [2.75, 3.05) is 11.9 Å². The molecule has 1 amide bonds. The molecular formula is C23H22ClN5O. The summed E-state index contributed by atoms with van der Waals surface area (Å²) in [4.78, 5) is 26.4. The molecule has 30 heavy (non-hydrogen) atoms. The van der Waals surface area contributed by atoms with Crippen LogP contribution in [0, 0.1) is 0 Å². The van der Waals surface area contributed by atoms with Crippen molar-refractivity contribution in [1.29, 1.82) is 0 Å². The molecule has 2 heterocycles. The van der Waals surface area contributed by atoms with Gasteiger partial charge in [-0.2, -0.15) is 0 Å². The molecule has 1 aliphatic heterocycles. The number of dihydropyridines is 1. The average molecular weight is 420 g/mol. The van der Waals surface area contributed by atoms with Gasteiger partial charge in [0.05, 0.1) is 16.8 Å². The summed E-state index contributed by atoms with van der Waals surface area (Å²) < 4.78 is 0. The molecular weight excluding hydrogens is 398 g/mol. The summed E-state index contributed by atoms with van der Waals surface area (Å²) in [6.45, 7) is 4.63. The largest absolute Gasteiger partial charge is 0.350 e. The van der Waals surface area contributed by atoms with Crippen molar-refractivity contribution in [2.24, 2.45) is 4.99 Å². The highest BCUT2D eigenvalue weighted by molar-refractivity contribution is 6.31. The number of carbonyl (C=O) groups excluding carboxylic acids is 1. The number of nitrogens with one attached hydrogen (secondary N) is 2. The molecule has 0 atom stereocenters. The zero-order valence-electron chi connectivity index (χ0n) is 16.8. The van der Waals surface area contributed by atoms with Gasteiger partial charge in [-0.15, -0.1) is 0 Å². The fraction of sp³-hybridized carbons (Fsp3) is 0.217. The number of rotatable bonds is 5. The van der Waals surface area contributed by atoms with Gasteiger partial charge in [-0.05, 0) is 50.6 Å². The molecule has 4 rings (SSSR count). The average Bonchev–Trinajstić information content (AvgIpc) is 2.74. The van der Waals surface area contributed by atoms with E-state index in [-0.39, 0.29) is 11.9 Å². The lowest BCUT2D eigenvalue weighted by atomic mass is 10.1. The second-order valence-electron chi connectivity index (χ2n) is 7.34. The van der Waals surface area contributed by atoms with E-state index in [4.69, 9.17) is 21.6 Å². The normalized spacial score (nSPS) is 13.4. The van der Waals surface area contributed by atoms with Gasteiger partial charge < -0.3 is 10.6 Å². The first-order valence-corrected chi connectivity index (χ1v) is 10.2. The molecule has 0 saturated carbocycles. The Balaban J connectivity index is 1.81. The summed E-state index contributed by atoms with van der Waals surface area (Å²) in [6, 6.07) is 12.9. The fourth-order valence-corrected chi connectivity index (χ4v) is 3.41. The maximum absolute atomic E-state index is 12.7. The van der Waals surface area contributed by atoms with Crippen molar-refractivity contribution in [2.45, 2.75) is 26.3 Å². The molecule has 0 bridgehead atoms. The van der Waals surface area contributed by atoms with Gasteiger partial charge in [0, 0.05) is 34.8 Å². The highest BCUT2D eigenvalue weighted by Gasteiger charge is 2.16. The lowest BCUT2D eigenvalue weighted by Crippen LogP contribution is -2.30. The highest BCUT2D eigenvalue weighted by Crippen LogP contribution is 2.29. The summed E-state index contributed by atoms with van der Waals surface area (Å²) in [5, 5.41) is 7.63. The number of hydrogen-bond acceptors (Lipinski definition) is 5. The van der Waals surface area contributed by atoms with Crippen LogP contribution in [0.3, 0.4) is 0 Å². The fourth-order valence-electron chi connectivity index (χ4n) is 3.24. The monoisotopic (exact) mass is 419 g/mol. The Morgan fingerprint density at radius 3 is 2.73 bits per heavy atom. The third-order valence-corrected chi connectivity index (χ3v) is 4.85. The summed E-state index contributed by atoms with van der Waals surface area (Å²) in [5.41, 5.74) is 2.84. The molecule has 6 nitrogen and oxygen atoms in total. The quantitative estimate of drug-likeness (QED) is 0.608. The molecule has 0 aliphatic carbocycles. The zero-order chi connectivity index (χ0) is 21.1. The third-order valence-electron chi connectivity index (χ3n) is 4.61. The number of hydrogen-bond donors (Lipinski definition) is 2. The van der Waals surface area contributed by atoms with Crippen LogP contribution in [-0.4, -0.2) is 34.7 Å². The molecule has 2 N–H and O–H groups in total. The molecule has 0 saturated heterocycles. The maximum atomic E-state index is 12.7. The Labute approximate surface area is 180 Å². The topological polar surface area (TPSA) is 79.3 Å². The number of benzene rings is 2. The van der Waals surface area contributed by atoms with Gasteiger partial charge in [-0.1, -0.05) is 29.8 Å². The lowest BCUT2D eigenvalue weighted by molar-refractivity contribution is 0.0944. The Morgan fingerprint density at radius 1 is 1.13 bits per heavy atom. The lowest BCUT2D eigenvalue weighted by Gasteiger charge is -2.16. The van der Waals surface area contributed by atoms with Crippen LogP contribution in [0.4, 0.5) is 11.5 Å². The Morgan fingerprint density at radius 2 is 1.97 bits per heavy atom. The van der Waals surface area contributed by atoms with E-state index in [1.165, 1.54) is 0 Å². The SMILES string of the molecule is CC(C)NC(=O)c1ccccc1Nc1nc(C2=CCCN=C2)nc2ccc(Cl)cc12. The number of anilines is 2. The molecule has 1 aliphatic rings. The van der Waals surface area contributed by atoms with Crippen LogP contribution in [0.2, 0.25) is 5.02 Å². The van der Waals surface area contributed by atoms with Gasteiger partial charge in [0.2, 0.25) is 0 Å². The van der Waals surface area contributed by atoms with E-state index >= 15 is 0 Å². The van der Waals surface area contributed by atoms with E-state index < -0.39 is 0 Å². The Hall–Kier alpha value is -3.25. The summed E-state index contributed by atoms with van der Waals surface area (Å²) in [6.07, 6.45) is 4.74. The summed E-state index contributed by atoms with van der Waals surface area (Å²) in [7, 11) is 0. The highest BCUT2D eigenvalue weighted by atomic mass is 35.5. The smallest absolute Gasteiger partial charge is 0.253 e. The number of aromatic nitrogens is 2. The number of para-hydroxylation sites is 1. The molecule has 2 aromatic carbocycles. The van der Waals surface area contributed by atoms with Gasteiger partial charge >= 0.3 is 0 Å². The maximum Gasteiger partial charge on any atom is 0.253 e. The molecule has 0 fully saturated rings. The van der Waals surface area contributed by atoms with Crippen LogP contribution in [0.25, 0.3) is 16.5 Å². The van der Waals surface area contributed by atoms with Crippen LogP contribution in [-0.2, 0) is 0 Å².